The van der Waals surface area contributed by atoms with E-state index < -0.39 is 23.6 Å². The number of aromatic nitrogens is 1. The van der Waals surface area contributed by atoms with Gasteiger partial charge in [0.05, 0.1) is 18.0 Å². The average molecular weight is 521 g/mol. The molecule has 4 rings (SSSR count). The Morgan fingerprint density at radius 2 is 1.81 bits per heavy atom. The molecule has 1 heterocycles. The summed E-state index contributed by atoms with van der Waals surface area (Å²) in [5.74, 6) is -2.06. The minimum atomic E-state index is -1.02. The van der Waals surface area contributed by atoms with Crippen molar-refractivity contribution in [2.45, 2.75) is 38.4 Å². The van der Waals surface area contributed by atoms with Gasteiger partial charge in [0.2, 0.25) is 0 Å². The van der Waals surface area contributed by atoms with Gasteiger partial charge in [0, 0.05) is 31.3 Å². The number of nitrogens with zero attached hydrogens (tertiary/aromatic N) is 2. The number of halogens is 3. The third-order valence-electron chi connectivity index (χ3n) is 6.22. The van der Waals surface area contributed by atoms with Crippen molar-refractivity contribution >= 4 is 17.6 Å². The number of hydrogen-bond donors (Lipinski definition) is 3. The predicted molar refractivity (Wildman–Crippen MR) is 129 cm³/mol. The Bertz CT molecular complexity index is 1210. The molecular weight excluding hydrogens is 494 g/mol. The van der Waals surface area contributed by atoms with Crippen molar-refractivity contribution in [3.8, 4) is 17.5 Å². The fourth-order valence-corrected chi connectivity index (χ4v) is 4.31. The number of aliphatic carboxylic acids is 1. The number of aromatic hydroxyl groups is 2. The van der Waals surface area contributed by atoms with Crippen molar-refractivity contribution in [1.82, 2.24) is 9.47 Å². The van der Waals surface area contributed by atoms with E-state index in [1.807, 2.05) is 4.90 Å². The molecule has 0 spiro atoms. The molecule has 0 unspecified atom stereocenters. The van der Waals surface area contributed by atoms with E-state index in [0.717, 1.165) is 12.8 Å². The molecule has 1 atom stereocenters. The van der Waals surface area contributed by atoms with E-state index in [2.05, 4.69) is 0 Å². The first-order chi connectivity index (χ1) is 17.2. The van der Waals surface area contributed by atoms with Crippen LogP contribution in [0.1, 0.15) is 36.4 Å². The van der Waals surface area contributed by atoms with Gasteiger partial charge in [-0.3, -0.25) is 14.3 Å². The number of ether oxygens (including phenoxy) is 1. The summed E-state index contributed by atoms with van der Waals surface area (Å²) >= 11 is 5.82. The van der Waals surface area contributed by atoms with Gasteiger partial charge in [0.15, 0.2) is 23.3 Å². The van der Waals surface area contributed by atoms with Gasteiger partial charge in [-0.25, -0.2) is 8.78 Å². The summed E-state index contributed by atoms with van der Waals surface area (Å²) in [6.07, 6.45) is 1.81. The number of benzene rings is 2. The highest BCUT2D eigenvalue weighted by Crippen LogP contribution is 2.36. The smallest absolute Gasteiger partial charge is 0.305 e. The maximum Gasteiger partial charge on any atom is 0.305 e. The summed E-state index contributed by atoms with van der Waals surface area (Å²) in [6.45, 7) is 1.01. The van der Waals surface area contributed by atoms with Crippen LogP contribution >= 0.6 is 11.6 Å². The summed E-state index contributed by atoms with van der Waals surface area (Å²) in [7, 11) is 0. The van der Waals surface area contributed by atoms with Crippen molar-refractivity contribution in [3.63, 3.8) is 0 Å². The zero-order chi connectivity index (χ0) is 25.8. The Morgan fingerprint density at radius 3 is 2.42 bits per heavy atom. The van der Waals surface area contributed by atoms with E-state index in [4.69, 9.17) is 16.3 Å². The molecular formula is C26H27ClF2N2O5. The first-order valence-electron chi connectivity index (χ1n) is 11.6. The van der Waals surface area contributed by atoms with Gasteiger partial charge >= 0.3 is 5.97 Å². The summed E-state index contributed by atoms with van der Waals surface area (Å²) < 4.78 is 35.7. The summed E-state index contributed by atoms with van der Waals surface area (Å²) in [4.78, 5) is 13.6. The second-order valence-electron chi connectivity index (χ2n) is 8.97. The molecule has 0 saturated heterocycles. The molecule has 0 radical (unpaired) electrons. The van der Waals surface area contributed by atoms with Crippen LogP contribution in [0.3, 0.4) is 0 Å². The van der Waals surface area contributed by atoms with Crippen LogP contribution in [0.15, 0.2) is 48.5 Å². The van der Waals surface area contributed by atoms with E-state index in [9.17, 15) is 28.9 Å². The lowest BCUT2D eigenvalue weighted by molar-refractivity contribution is -0.138. The van der Waals surface area contributed by atoms with E-state index in [-0.39, 0.29) is 48.6 Å². The third kappa shape index (κ3) is 6.47. The van der Waals surface area contributed by atoms with Crippen molar-refractivity contribution in [3.05, 3.63) is 76.3 Å². The van der Waals surface area contributed by atoms with Crippen LogP contribution in [0.5, 0.6) is 17.5 Å². The molecule has 3 N–H and O–H groups in total. The third-order valence-corrected chi connectivity index (χ3v) is 6.52. The summed E-state index contributed by atoms with van der Waals surface area (Å²) in [5, 5.41) is 28.9. The van der Waals surface area contributed by atoms with E-state index in [1.165, 1.54) is 41.0 Å². The van der Waals surface area contributed by atoms with Crippen LogP contribution in [0.25, 0.3) is 0 Å². The van der Waals surface area contributed by atoms with Crippen molar-refractivity contribution in [1.29, 1.82) is 0 Å². The molecule has 36 heavy (non-hydrogen) atoms. The number of carboxylic acids is 1. The molecule has 3 aromatic rings. The van der Waals surface area contributed by atoms with Crippen molar-refractivity contribution in [2.24, 2.45) is 5.92 Å². The Hall–Kier alpha value is -3.30. The van der Waals surface area contributed by atoms with Crippen LogP contribution in [-0.2, 0) is 17.9 Å². The monoisotopic (exact) mass is 520 g/mol. The van der Waals surface area contributed by atoms with E-state index in [1.54, 1.807) is 12.1 Å². The van der Waals surface area contributed by atoms with Gasteiger partial charge < -0.3 is 20.1 Å². The number of carboxylic acid groups (broad SMARTS) is 1. The Balaban J connectivity index is 1.49. The SMILES string of the molecule is O=C(O)C[C@H](c1ccc(Cl)c(F)c1)N(Cc1ccc(OCCn2c(O)ccc2O)c(F)c1)CC1CC1. The minimum Gasteiger partial charge on any atom is -0.494 e. The first-order valence-corrected chi connectivity index (χ1v) is 12.0. The Kier molecular flexibility index (Phi) is 8.01. The molecule has 1 saturated carbocycles. The number of rotatable bonds is 12. The molecule has 7 nitrogen and oxygen atoms in total. The number of carbonyl (C=O) groups is 1. The highest BCUT2D eigenvalue weighted by Gasteiger charge is 2.31. The molecule has 0 amide bonds. The van der Waals surface area contributed by atoms with Gasteiger partial charge in [-0.2, -0.15) is 0 Å². The van der Waals surface area contributed by atoms with Crippen LogP contribution in [0, 0.1) is 17.6 Å². The van der Waals surface area contributed by atoms with Gasteiger partial charge in [-0.15, -0.1) is 0 Å². The molecule has 0 bridgehead atoms. The van der Waals surface area contributed by atoms with Gasteiger partial charge in [0.25, 0.3) is 0 Å². The van der Waals surface area contributed by atoms with Crippen LogP contribution in [0.4, 0.5) is 8.78 Å². The quantitative estimate of drug-likeness (QED) is 0.298. The molecule has 1 aromatic heterocycles. The van der Waals surface area contributed by atoms with Crippen molar-refractivity contribution in [2.75, 3.05) is 13.2 Å². The second-order valence-corrected chi connectivity index (χ2v) is 9.38. The lowest BCUT2D eigenvalue weighted by Gasteiger charge is -2.31. The number of hydrogen-bond acceptors (Lipinski definition) is 5. The zero-order valence-electron chi connectivity index (χ0n) is 19.4. The average Bonchev–Trinajstić information content (AvgIpc) is 3.59. The maximum atomic E-state index is 14.8. The topological polar surface area (TPSA) is 95.2 Å². The van der Waals surface area contributed by atoms with Gasteiger partial charge in [-0.1, -0.05) is 23.7 Å². The van der Waals surface area contributed by atoms with Gasteiger partial charge in [0.1, 0.15) is 12.4 Å². The lowest BCUT2D eigenvalue weighted by Crippen LogP contribution is -2.32. The Morgan fingerprint density at radius 1 is 1.08 bits per heavy atom. The van der Waals surface area contributed by atoms with Crippen LogP contribution < -0.4 is 4.74 Å². The molecule has 1 fully saturated rings. The fourth-order valence-electron chi connectivity index (χ4n) is 4.19. The summed E-state index contributed by atoms with van der Waals surface area (Å²) in [5.41, 5.74) is 1.11. The van der Waals surface area contributed by atoms with E-state index in [0.29, 0.717) is 23.6 Å². The van der Waals surface area contributed by atoms with Crippen LogP contribution in [-0.4, -0.2) is 43.9 Å². The maximum absolute atomic E-state index is 14.8. The second kappa shape index (κ2) is 11.2. The molecule has 1 aliphatic carbocycles. The molecule has 2 aromatic carbocycles. The predicted octanol–water partition coefficient (Wildman–Crippen LogP) is 5.34. The fraction of sp³-hybridized carbons (Fsp3) is 0.346. The molecule has 10 heteroatoms. The molecule has 1 aliphatic rings. The lowest BCUT2D eigenvalue weighted by atomic mass is 10.00. The Labute approximate surface area is 212 Å². The summed E-state index contributed by atoms with van der Waals surface area (Å²) in [6, 6.07) is 10.9. The first kappa shape index (κ1) is 25.8. The van der Waals surface area contributed by atoms with E-state index >= 15 is 0 Å². The molecule has 0 aliphatic heterocycles. The van der Waals surface area contributed by atoms with Gasteiger partial charge in [-0.05, 0) is 54.2 Å². The standard InChI is InChI=1S/C26H27ClF2N2O5/c27-19-5-4-18(12-20(19)28)22(13-26(34)35)30(14-16-1-2-16)15-17-3-6-23(21(29)11-17)36-10-9-31-24(32)7-8-25(31)33/h3-8,11-12,16,22,32-33H,1-2,9-10,13-15H2,(H,34,35)/t22-/m1/s1. The molecule has 192 valence electrons. The normalized spacial score (nSPS) is 14.2. The van der Waals surface area contributed by atoms with Crippen LogP contribution in [0.2, 0.25) is 5.02 Å². The zero-order valence-corrected chi connectivity index (χ0v) is 20.2. The highest BCUT2D eigenvalue weighted by atomic mass is 35.5. The van der Waals surface area contributed by atoms with Crippen molar-refractivity contribution < 1.29 is 33.6 Å². The minimum absolute atomic E-state index is 0.0143. The highest BCUT2D eigenvalue weighted by molar-refractivity contribution is 6.30. The largest absolute Gasteiger partial charge is 0.494 e.